The SMILES string of the molecule is CCOc1ccc(NC(=O)CC(=O)NN=Cc2ccc(Br)cc2)cc1. The van der Waals surface area contributed by atoms with Crippen LogP contribution in [0.3, 0.4) is 0 Å². The third-order valence-electron chi connectivity index (χ3n) is 3.04. The van der Waals surface area contributed by atoms with E-state index in [1.165, 1.54) is 6.21 Å². The maximum atomic E-state index is 11.8. The minimum atomic E-state index is -0.489. The first-order chi connectivity index (χ1) is 12.1. The van der Waals surface area contributed by atoms with Crippen LogP contribution in [0.4, 0.5) is 5.69 Å². The fourth-order valence-electron chi connectivity index (χ4n) is 1.92. The zero-order valence-corrected chi connectivity index (χ0v) is 15.2. The Hall–Kier alpha value is -2.67. The third kappa shape index (κ3) is 6.76. The number of carbonyl (C=O) groups excluding carboxylic acids is 2. The van der Waals surface area contributed by atoms with Crippen molar-refractivity contribution in [1.82, 2.24) is 5.43 Å². The van der Waals surface area contributed by atoms with Gasteiger partial charge in [0.25, 0.3) is 0 Å². The van der Waals surface area contributed by atoms with E-state index in [2.05, 4.69) is 31.8 Å². The molecule has 0 unspecified atom stereocenters. The summed E-state index contributed by atoms with van der Waals surface area (Å²) < 4.78 is 6.28. The minimum absolute atomic E-state index is 0.315. The van der Waals surface area contributed by atoms with Crippen molar-refractivity contribution in [2.45, 2.75) is 13.3 Å². The van der Waals surface area contributed by atoms with Gasteiger partial charge in [0.15, 0.2) is 0 Å². The fourth-order valence-corrected chi connectivity index (χ4v) is 2.18. The highest BCUT2D eigenvalue weighted by Crippen LogP contribution is 2.15. The molecule has 0 aliphatic carbocycles. The highest BCUT2D eigenvalue weighted by atomic mass is 79.9. The Morgan fingerprint density at radius 2 is 1.76 bits per heavy atom. The molecule has 2 rings (SSSR count). The molecule has 25 heavy (non-hydrogen) atoms. The molecule has 0 heterocycles. The molecule has 0 radical (unpaired) electrons. The second-order valence-corrected chi connectivity index (χ2v) is 5.94. The Balaban J connectivity index is 1.77. The molecule has 7 heteroatoms. The summed E-state index contributed by atoms with van der Waals surface area (Å²) in [6, 6.07) is 14.4. The zero-order valence-electron chi connectivity index (χ0n) is 13.7. The van der Waals surface area contributed by atoms with Gasteiger partial charge >= 0.3 is 0 Å². The van der Waals surface area contributed by atoms with E-state index in [9.17, 15) is 9.59 Å². The topological polar surface area (TPSA) is 79.8 Å². The lowest BCUT2D eigenvalue weighted by molar-refractivity contribution is -0.126. The normalized spacial score (nSPS) is 10.5. The number of hydrogen-bond acceptors (Lipinski definition) is 4. The first-order valence-corrected chi connectivity index (χ1v) is 8.46. The molecule has 0 aliphatic rings. The summed E-state index contributed by atoms with van der Waals surface area (Å²) in [5.41, 5.74) is 3.76. The van der Waals surface area contributed by atoms with E-state index in [4.69, 9.17) is 4.74 Å². The number of halogens is 1. The van der Waals surface area contributed by atoms with E-state index >= 15 is 0 Å². The summed E-state index contributed by atoms with van der Waals surface area (Å²) in [6.07, 6.45) is 1.19. The molecule has 0 saturated heterocycles. The lowest BCUT2D eigenvalue weighted by Gasteiger charge is -2.06. The second-order valence-electron chi connectivity index (χ2n) is 5.03. The molecular formula is C18H18BrN3O3. The second kappa shape index (κ2) is 9.58. The minimum Gasteiger partial charge on any atom is -0.494 e. The van der Waals surface area contributed by atoms with E-state index in [0.717, 1.165) is 15.8 Å². The van der Waals surface area contributed by atoms with Crippen molar-refractivity contribution >= 4 is 39.6 Å². The Bertz CT molecular complexity index is 743. The number of anilines is 1. The summed E-state index contributed by atoms with van der Waals surface area (Å²) in [5, 5.41) is 6.47. The number of hydrogen-bond donors (Lipinski definition) is 2. The van der Waals surface area contributed by atoms with Gasteiger partial charge in [-0.15, -0.1) is 0 Å². The smallest absolute Gasteiger partial charge is 0.249 e. The summed E-state index contributed by atoms with van der Waals surface area (Å²) in [6.45, 7) is 2.47. The summed E-state index contributed by atoms with van der Waals surface area (Å²) in [4.78, 5) is 23.6. The molecule has 0 aliphatic heterocycles. The van der Waals surface area contributed by atoms with Gasteiger partial charge in [-0.3, -0.25) is 9.59 Å². The Morgan fingerprint density at radius 1 is 1.08 bits per heavy atom. The molecule has 130 valence electrons. The highest BCUT2D eigenvalue weighted by Gasteiger charge is 2.09. The number of ether oxygens (including phenoxy) is 1. The standard InChI is InChI=1S/C18H18BrN3O3/c1-2-25-16-9-7-15(8-10-16)21-17(23)11-18(24)22-20-12-13-3-5-14(19)6-4-13/h3-10,12H,2,11H2,1H3,(H,21,23)(H,22,24). The number of nitrogens with zero attached hydrogens (tertiary/aromatic N) is 1. The zero-order chi connectivity index (χ0) is 18.1. The lowest BCUT2D eigenvalue weighted by Crippen LogP contribution is -2.24. The van der Waals surface area contributed by atoms with Crippen molar-refractivity contribution in [2.75, 3.05) is 11.9 Å². The predicted octanol–water partition coefficient (Wildman–Crippen LogP) is 3.33. The van der Waals surface area contributed by atoms with Gasteiger partial charge in [-0.25, -0.2) is 5.43 Å². The van der Waals surface area contributed by atoms with Crippen molar-refractivity contribution in [1.29, 1.82) is 0 Å². The molecule has 0 bridgehead atoms. The summed E-state index contributed by atoms with van der Waals surface area (Å²) >= 11 is 3.34. The molecule has 0 saturated carbocycles. The highest BCUT2D eigenvalue weighted by molar-refractivity contribution is 9.10. The van der Waals surface area contributed by atoms with Gasteiger partial charge in [0.05, 0.1) is 12.8 Å². The first kappa shape index (κ1) is 18.7. The van der Waals surface area contributed by atoms with Crippen LogP contribution in [0.15, 0.2) is 58.1 Å². The molecule has 2 amide bonds. The van der Waals surface area contributed by atoms with Gasteiger partial charge in [0.2, 0.25) is 11.8 Å². The van der Waals surface area contributed by atoms with Crippen LogP contribution in [0.2, 0.25) is 0 Å². The quantitative estimate of drug-likeness (QED) is 0.422. The van der Waals surface area contributed by atoms with Crippen LogP contribution >= 0.6 is 15.9 Å². The van der Waals surface area contributed by atoms with Crippen LogP contribution in [0, 0.1) is 0 Å². The average molecular weight is 404 g/mol. The molecular weight excluding hydrogens is 386 g/mol. The number of amides is 2. The molecule has 0 atom stereocenters. The van der Waals surface area contributed by atoms with E-state index in [0.29, 0.717) is 12.3 Å². The first-order valence-electron chi connectivity index (χ1n) is 7.67. The number of nitrogens with one attached hydrogen (secondary N) is 2. The summed E-state index contributed by atoms with van der Waals surface area (Å²) in [5.74, 6) is -0.183. The van der Waals surface area contributed by atoms with Crippen LogP contribution in [0.5, 0.6) is 5.75 Å². The van der Waals surface area contributed by atoms with Crippen molar-refractivity contribution in [3.63, 3.8) is 0 Å². The maximum Gasteiger partial charge on any atom is 0.249 e. The molecule has 2 aromatic carbocycles. The maximum absolute atomic E-state index is 11.8. The largest absolute Gasteiger partial charge is 0.494 e. The van der Waals surface area contributed by atoms with Crippen LogP contribution < -0.4 is 15.5 Å². The summed E-state index contributed by atoms with van der Waals surface area (Å²) in [7, 11) is 0. The number of benzene rings is 2. The molecule has 2 aromatic rings. The van der Waals surface area contributed by atoms with Gasteiger partial charge in [-0.05, 0) is 48.9 Å². The molecule has 0 spiro atoms. The van der Waals surface area contributed by atoms with Crippen LogP contribution in [0.25, 0.3) is 0 Å². The Kier molecular flexibility index (Phi) is 7.16. The fraction of sp³-hybridized carbons (Fsp3) is 0.167. The van der Waals surface area contributed by atoms with Crippen LogP contribution in [-0.2, 0) is 9.59 Å². The number of carbonyl (C=O) groups is 2. The Morgan fingerprint density at radius 3 is 2.40 bits per heavy atom. The molecule has 0 aromatic heterocycles. The van der Waals surface area contributed by atoms with Gasteiger partial charge in [-0.1, -0.05) is 28.1 Å². The van der Waals surface area contributed by atoms with Gasteiger partial charge in [0.1, 0.15) is 12.2 Å². The van der Waals surface area contributed by atoms with E-state index < -0.39 is 11.8 Å². The van der Waals surface area contributed by atoms with E-state index in [1.807, 2.05) is 31.2 Å². The van der Waals surface area contributed by atoms with E-state index in [-0.39, 0.29) is 6.42 Å². The van der Waals surface area contributed by atoms with Crippen molar-refractivity contribution in [2.24, 2.45) is 5.10 Å². The van der Waals surface area contributed by atoms with Gasteiger partial charge in [-0.2, -0.15) is 5.10 Å². The Labute approximate surface area is 154 Å². The number of hydrazone groups is 1. The lowest BCUT2D eigenvalue weighted by atomic mass is 10.2. The average Bonchev–Trinajstić information content (AvgIpc) is 2.58. The van der Waals surface area contributed by atoms with Crippen molar-refractivity contribution in [3.8, 4) is 5.75 Å². The van der Waals surface area contributed by atoms with Crippen LogP contribution in [-0.4, -0.2) is 24.6 Å². The molecule has 2 N–H and O–H groups in total. The monoisotopic (exact) mass is 403 g/mol. The molecule has 0 fully saturated rings. The van der Waals surface area contributed by atoms with Crippen molar-refractivity contribution < 1.29 is 14.3 Å². The van der Waals surface area contributed by atoms with Gasteiger partial charge < -0.3 is 10.1 Å². The van der Waals surface area contributed by atoms with Crippen LogP contribution in [0.1, 0.15) is 18.9 Å². The molecule has 6 nitrogen and oxygen atoms in total. The third-order valence-corrected chi connectivity index (χ3v) is 3.57. The van der Waals surface area contributed by atoms with Crippen molar-refractivity contribution in [3.05, 3.63) is 58.6 Å². The number of rotatable bonds is 7. The predicted molar refractivity (Wildman–Crippen MR) is 101 cm³/mol. The van der Waals surface area contributed by atoms with E-state index in [1.54, 1.807) is 24.3 Å². The van der Waals surface area contributed by atoms with Gasteiger partial charge in [0, 0.05) is 10.2 Å².